The van der Waals surface area contributed by atoms with Gasteiger partial charge in [0.2, 0.25) is 0 Å². The Hall–Kier alpha value is -0.300. The van der Waals surface area contributed by atoms with Gasteiger partial charge in [-0.05, 0) is 50.0 Å². The summed E-state index contributed by atoms with van der Waals surface area (Å²) in [4.78, 5) is 0. The van der Waals surface area contributed by atoms with Crippen LogP contribution >= 0.6 is 0 Å². The third-order valence-corrected chi connectivity index (χ3v) is 3.08. The summed E-state index contributed by atoms with van der Waals surface area (Å²) in [5, 5.41) is 10.3. The molecule has 2 aliphatic carbocycles. The fourth-order valence-electron chi connectivity index (χ4n) is 2.08. The van der Waals surface area contributed by atoms with Crippen molar-refractivity contribution in [1.82, 2.24) is 0 Å². The van der Waals surface area contributed by atoms with Gasteiger partial charge in [0.15, 0.2) is 0 Å². The highest BCUT2D eigenvalue weighted by atomic mass is 16.3. The van der Waals surface area contributed by atoms with Gasteiger partial charge in [0, 0.05) is 0 Å². The molecule has 0 bridgehead atoms. The van der Waals surface area contributed by atoms with Gasteiger partial charge in [-0.1, -0.05) is 6.58 Å². The van der Waals surface area contributed by atoms with Crippen LogP contribution in [0.3, 0.4) is 0 Å². The SMILES string of the molecule is C=C(C)C(O)(C1CC1)C1CC1. The normalized spacial score (nSPS) is 25.3. The van der Waals surface area contributed by atoms with E-state index in [0.717, 1.165) is 5.57 Å². The summed E-state index contributed by atoms with van der Waals surface area (Å²) >= 11 is 0. The van der Waals surface area contributed by atoms with Crippen molar-refractivity contribution in [3.63, 3.8) is 0 Å². The summed E-state index contributed by atoms with van der Waals surface area (Å²) in [5.41, 5.74) is 0.516. The average molecular weight is 152 g/mol. The van der Waals surface area contributed by atoms with E-state index in [1.807, 2.05) is 6.92 Å². The number of hydrogen-bond donors (Lipinski definition) is 1. The molecule has 2 rings (SSSR count). The molecule has 11 heavy (non-hydrogen) atoms. The van der Waals surface area contributed by atoms with Crippen LogP contribution in [0.15, 0.2) is 12.2 Å². The summed E-state index contributed by atoms with van der Waals surface area (Å²) in [6.45, 7) is 5.87. The molecule has 0 aliphatic heterocycles. The van der Waals surface area contributed by atoms with E-state index in [4.69, 9.17) is 0 Å². The molecule has 2 saturated carbocycles. The Morgan fingerprint density at radius 3 is 1.82 bits per heavy atom. The van der Waals surface area contributed by atoms with Gasteiger partial charge in [-0.3, -0.25) is 0 Å². The molecule has 0 aromatic rings. The van der Waals surface area contributed by atoms with Crippen LogP contribution in [0.1, 0.15) is 32.6 Å². The van der Waals surface area contributed by atoms with Crippen LogP contribution in [0.4, 0.5) is 0 Å². The van der Waals surface area contributed by atoms with Crippen molar-refractivity contribution in [3.05, 3.63) is 12.2 Å². The summed E-state index contributed by atoms with van der Waals surface area (Å²) in [6, 6.07) is 0. The van der Waals surface area contributed by atoms with Crippen LogP contribution < -0.4 is 0 Å². The van der Waals surface area contributed by atoms with E-state index in [9.17, 15) is 5.11 Å². The maximum Gasteiger partial charge on any atom is 0.0907 e. The molecule has 0 aromatic heterocycles. The fraction of sp³-hybridized carbons (Fsp3) is 0.800. The third-order valence-electron chi connectivity index (χ3n) is 3.08. The van der Waals surface area contributed by atoms with Crippen LogP contribution in [0.2, 0.25) is 0 Å². The smallest absolute Gasteiger partial charge is 0.0907 e. The second-order valence-electron chi connectivity index (χ2n) is 4.15. The highest BCUT2D eigenvalue weighted by Crippen LogP contribution is 2.54. The van der Waals surface area contributed by atoms with E-state index in [-0.39, 0.29) is 0 Å². The number of hydrogen-bond acceptors (Lipinski definition) is 1. The van der Waals surface area contributed by atoms with Gasteiger partial charge in [-0.25, -0.2) is 0 Å². The van der Waals surface area contributed by atoms with E-state index in [1.165, 1.54) is 25.7 Å². The lowest BCUT2D eigenvalue weighted by Gasteiger charge is -2.28. The first-order chi connectivity index (χ1) is 5.15. The Kier molecular flexibility index (Phi) is 1.40. The van der Waals surface area contributed by atoms with Crippen molar-refractivity contribution in [2.75, 3.05) is 0 Å². The molecule has 0 amide bonds. The maximum absolute atomic E-state index is 10.3. The van der Waals surface area contributed by atoms with E-state index < -0.39 is 5.60 Å². The minimum Gasteiger partial charge on any atom is -0.385 e. The largest absolute Gasteiger partial charge is 0.385 e. The highest BCUT2D eigenvalue weighted by Gasteiger charge is 2.53. The van der Waals surface area contributed by atoms with Crippen molar-refractivity contribution in [2.45, 2.75) is 38.2 Å². The number of rotatable bonds is 3. The van der Waals surface area contributed by atoms with Gasteiger partial charge in [-0.15, -0.1) is 0 Å². The van der Waals surface area contributed by atoms with Crippen LogP contribution in [0.25, 0.3) is 0 Å². The van der Waals surface area contributed by atoms with Gasteiger partial charge in [-0.2, -0.15) is 0 Å². The van der Waals surface area contributed by atoms with Crippen LogP contribution in [-0.4, -0.2) is 10.7 Å². The molecule has 0 radical (unpaired) electrons. The Morgan fingerprint density at radius 2 is 1.64 bits per heavy atom. The summed E-state index contributed by atoms with van der Waals surface area (Å²) in [5.74, 6) is 1.10. The van der Waals surface area contributed by atoms with E-state index in [1.54, 1.807) is 0 Å². The van der Waals surface area contributed by atoms with E-state index in [2.05, 4.69) is 6.58 Å². The molecule has 1 N–H and O–H groups in total. The first-order valence-corrected chi connectivity index (χ1v) is 4.54. The molecule has 2 fully saturated rings. The predicted octanol–water partition coefficient (Wildman–Crippen LogP) is 2.11. The van der Waals surface area contributed by atoms with Gasteiger partial charge >= 0.3 is 0 Å². The zero-order chi connectivity index (χ0) is 8.06. The van der Waals surface area contributed by atoms with Crippen LogP contribution in [0, 0.1) is 11.8 Å². The van der Waals surface area contributed by atoms with Crippen LogP contribution in [0.5, 0.6) is 0 Å². The lowest BCUT2D eigenvalue weighted by molar-refractivity contribution is 0.0327. The standard InChI is InChI=1S/C10H16O/c1-7(2)10(11,8-3-4-8)9-5-6-9/h8-9,11H,1,3-6H2,2H3. The molecule has 0 aromatic carbocycles. The maximum atomic E-state index is 10.3. The predicted molar refractivity (Wildman–Crippen MR) is 45.2 cm³/mol. The second kappa shape index (κ2) is 2.10. The van der Waals surface area contributed by atoms with Crippen molar-refractivity contribution in [1.29, 1.82) is 0 Å². The molecule has 0 atom stereocenters. The first kappa shape index (κ1) is 7.35. The van der Waals surface area contributed by atoms with Crippen molar-refractivity contribution < 1.29 is 5.11 Å². The summed E-state index contributed by atoms with van der Waals surface area (Å²) in [7, 11) is 0. The summed E-state index contributed by atoms with van der Waals surface area (Å²) < 4.78 is 0. The zero-order valence-electron chi connectivity index (χ0n) is 7.14. The Morgan fingerprint density at radius 1 is 1.27 bits per heavy atom. The third kappa shape index (κ3) is 1.02. The highest BCUT2D eigenvalue weighted by molar-refractivity contribution is 5.21. The lowest BCUT2D eigenvalue weighted by Crippen LogP contribution is -2.34. The Labute approximate surface area is 68.1 Å². The fourth-order valence-corrected chi connectivity index (χ4v) is 2.08. The van der Waals surface area contributed by atoms with Gasteiger partial charge in [0.05, 0.1) is 5.60 Å². The van der Waals surface area contributed by atoms with Crippen molar-refractivity contribution in [3.8, 4) is 0 Å². The minimum absolute atomic E-state index is 0.472. The monoisotopic (exact) mass is 152 g/mol. The van der Waals surface area contributed by atoms with Crippen molar-refractivity contribution in [2.24, 2.45) is 11.8 Å². The lowest BCUT2D eigenvalue weighted by atomic mass is 9.85. The van der Waals surface area contributed by atoms with Gasteiger partial charge in [0.1, 0.15) is 0 Å². The van der Waals surface area contributed by atoms with Crippen LogP contribution in [-0.2, 0) is 0 Å². The molecule has 2 aliphatic rings. The topological polar surface area (TPSA) is 20.2 Å². The van der Waals surface area contributed by atoms with Crippen molar-refractivity contribution >= 4 is 0 Å². The average Bonchev–Trinajstić information content (AvgIpc) is 2.79. The molecule has 0 unspecified atom stereocenters. The quantitative estimate of drug-likeness (QED) is 0.614. The first-order valence-electron chi connectivity index (χ1n) is 4.54. The zero-order valence-corrected chi connectivity index (χ0v) is 7.14. The minimum atomic E-state index is -0.472. The molecule has 1 heteroatoms. The molecule has 0 saturated heterocycles. The van der Waals surface area contributed by atoms with Gasteiger partial charge < -0.3 is 5.11 Å². The molecule has 0 heterocycles. The molecular formula is C10H16O. The molecular weight excluding hydrogens is 136 g/mol. The molecule has 1 nitrogen and oxygen atoms in total. The summed E-state index contributed by atoms with van der Waals surface area (Å²) in [6.07, 6.45) is 4.83. The second-order valence-corrected chi connectivity index (χ2v) is 4.15. The molecule has 0 spiro atoms. The van der Waals surface area contributed by atoms with Gasteiger partial charge in [0.25, 0.3) is 0 Å². The Balaban J connectivity index is 2.16. The van der Waals surface area contributed by atoms with E-state index in [0.29, 0.717) is 11.8 Å². The molecule has 62 valence electrons. The Bertz CT molecular complexity index is 175. The van der Waals surface area contributed by atoms with E-state index >= 15 is 0 Å². The number of aliphatic hydroxyl groups is 1.